The number of hydrogen-bond donors (Lipinski definition) is 0. The summed E-state index contributed by atoms with van der Waals surface area (Å²) in [5.41, 5.74) is 4.29. The van der Waals surface area contributed by atoms with Crippen molar-refractivity contribution in [3.8, 4) is 11.3 Å². The highest BCUT2D eigenvalue weighted by molar-refractivity contribution is 6.30. The summed E-state index contributed by atoms with van der Waals surface area (Å²) in [5.74, 6) is -0.564. The van der Waals surface area contributed by atoms with Crippen molar-refractivity contribution in [2.45, 2.75) is 31.8 Å². The van der Waals surface area contributed by atoms with Gasteiger partial charge in [-0.3, -0.25) is 14.4 Å². The van der Waals surface area contributed by atoms with Gasteiger partial charge in [-0.05, 0) is 53.0 Å². The van der Waals surface area contributed by atoms with E-state index in [1.165, 1.54) is 14.2 Å². The second-order valence-corrected chi connectivity index (χ2v) is 12.6. The van der Waals surface area contributed by atoms with Crippen LogP contribution in [0.5, 0.6) is 0 Å². The van der Waals surface area contributed by atoms with E-state index in [2.05, 4.69) is 0 Å². The molecule has 0 saturated carbocycles. The minimum Gasteiger partial charge on any atom is -0.468 e. The van der Waals surface area contributed by atoms with Crippen molar-refractivity contribution in [3.05, 3.63) is 154 Å². The highest BCUT2D eigenvalue weighted by atomic mass is 35.5. The van der Waals surface area contributed by atoms with Gasteiger partial charge in [0, 0.05) is 53.6 Å². The molecule has 0 fully saturated rings. The topological polar surface area (TPSA) is 92.0 Å². The average Bonchev–Trinajstić information content (AvgIpc) is 3.54. The van der Waals surface area contributed by atoms with Crippen LogP contribution >= 0.6 is 11.6 Å². The maximum atomic E-state index is 13.8. The Morgan fingerprint density at radius 2 is 1.30 bits per heavy atom. The van der Waals surface area contributed by atoms with Crippen LogP contribution in [0.15, 0.2) is 120 Å². The van der Waals surface area contributed by atoms with Crippen molar-refractivity contribution in [1.82, 2.24) is 0 Å². The van der Waals surface area contributed by atoms with E-state index in [0.29, 0.717) is 34.1 Å². The lowest BCUT2D eigenvalue weighted by molar-refractivity contribution is -0.169. The normalized spacial score (nSPS) is 15.0. The number of furan rings is 1. The maximum absolute atomic E-state index is 13.8. The molecule has 0 unspecified atom stereocenters. The van der Waals surface area contributed by atoms with Gasteiger partial charge in [-0.25, -0.2) is 0 Å². The second-order valence-electron chi connectivity index (χ2n) is 12.2. The predicted molar refractivity (Wildman–Crippen MR) is 192 cm³/mol. The second kappa shape index (κ2) is 15.1. The summed E-state index contributed by atoms with van der Waals surface area (Å²) in [7, 11) is 4.16. The number of fused-ring (bicyclic) bond motifs is 1. The summed E-state index contributed by atoms with van der Waals surface area (Å²) < 4.78 is 23.6. The Bertz CT molecular complexity index is 2000. The van der Waals surface area contributed by atoms with E-state index in [1.807, 2.05) is 91.0 Å². The van der Waals surface area contributed by atoms with E-state index in [0.717, 1.165) is 33.4 Å². The molecule has 1 heterocycles. The van der Waals surface area contributed by atoms with E-state index in [1.54, 1.807) is 31.4 Å². The van der Waals surface area contributed by atoms with E-state index < -0.39 is 23.5 Å². The standard InChI is InChI=1S/C42H37ClO7/c1-47-38(29-15-9-5-10-16-29)37-36-33(32(27-13-7-4-8-14-27)23-24-34(44)28-19-21-31(43)22-20-28)25-42(40(45)48-2,41(46)49-3)26-35(36)50-39(37)30-17-11-6-12-18-30/h4-22,38H,23-26H2,1-3H3/b33-32+/t38-/m0/s1. The fraction of sp³-hybridized carbons (Fsp3) is 0.214. The van der Waals surface area contributed by atoms with Crippen LogP contribution in [0.25, 0.3) is 22.5 Å². The summed E-state index contributed by atoms with van der Waals surface area (Å²) in [4.78, 5) is 41.2. The molecule has 5 aromatic rings. The predicted octanol–water partition coefficient (Wildman–Crippen LogP) is 9.19. The Balaban J connectivity index is 1.67. The molecular formula is C42H37ClO7. The number of Topliss-reactive ketones (excluding diaryl/α,β-unsaturated/α-hetero) is 1. The summed E-state index contributed by atoms with van der Waals surface area (Å²) >= 11 is 6.10. The largest absolute Gasteiger partial charge is 0.468 e. The Labute approximate surface area is 296 Å². The summed E-state index contributed by atoms with van der Waals surface area (Å²) in [6, 6.07) is 36.0. The van der Waals surface area contributed by atoms with Crippen LogP contribution in [-0.2, 0) is 30.2 Å². The minimum absolute atomic E-state index is 0.0509. The van der Waals surface area contributed by atoms with Gasteiger partial charge in [-0.15, -0.1) is 0 Å². The lowest BCUT2D eigenvalue weighted by atomic mass is 9.68. The van der Waals surface area contributed by atoms with E-state index in [9.17, 15) is 14.4 Å². The van der Waals surface area contributed by atoms with Crippen molar-refractivity contribution in [2.24, 2.45) is 5.41 Å². The minimum atomic E-state index is -1.75. The number of allylic oxidation sites excluding steroid dienone is 2. The zero-order valence-corrected chi connectivity index (χ0v) is 28.9. The van der Waals surface area contributed by atoms with Crippen LogP contribution in [-0.4, -0.2) is 39.1 Å². The Morgan fingerprint density at radius 3 is 1.88 bits per heavy atom. The number of methoxy groups -OCH3 is 3. The Hall–Kier alpha value is -5.24. The quantitative estimate of drug-likeness (QED) is 0.0776. The molecule has 4 aromatic carbocycles. The van der Waals surface area contributed by atoms with Gasteiger partial charge in [0.15, 0.2) is 11.2 Å². The number of ketones is 1. The van der Waals surface area contributed by atoms with Gasteiger partial charge in [0.1, 0.15) is 17.6 Å². The van der Waals surface area contributed by atoms with E-state index in [4.69, 9.17) is 30.2 Å². The summed E-state index contributed by atoms with van der Waals surface area (Å²) in [6.07, 6.45) is -0.274. The molecule has 0 bridgehead atoms. The molecule has 1 aliphatic rings. The van der Waals surface area contributed by atoms with Crippen LogP contribution in [0.3, 0.4) is 0 Å². The Kier molecular flexibility index (Phi) is 10.5. The lowest BCUT2D eigenvalue weighted by Crippen LogP contribution is -2.45. The molecule has 1 atom stereocenters. The van der Waals surface area contributed by atoms with E-state index in [-0.39, 0.29) is 25.0 Å². The van der Waals surface area contributed by atoms with Crippen LogP contribution in [0.4, 0.5) is 0 Å². The zero-order chi connectivity index (χ0) is 35.3. The van der Waals surface area contributed by atoms with Gasteiger partial charge in [-0.2, -0.15) is 0 Å². The van der Waals surface area contributed by atoms with Crippen LogP contribution in [0.1, 0.15) is 63.7 Å². The van der Waals surface area contributed by atoms with Crippen LogP contribution < -0.4 is 0 Å². The molecule has 0 saturated heterocycles. The molecule has 0 amide bonds. The molecule has 6 rings (SSSR count). The first-order chi connectivity index (χ1) is 24.3. The molecule has 0 N–H and O–H groups in total. The third kappa shape index (κ3) is 6.67. The fourth-order valence-corrected chi connectivity index (χ4v) is 7.05. The first-order valence-corrected chi connectivity index (χ1v) is 16.7. The number of esters is 2. The van der Waals surface area contributed by atoms with E-state index >= 15 is 0 Å². The summed E-state index contributed by atoms with van der Waals surface area (Å²) in [6.45, 7) is 0. The molecule has 50 heavy (non-hydrogen) atoms. The lowest BCUT2D eigenvalue weighted by Gasteiger charge is -2.34. The van der Waals surface area contributed by atoms with Crippen LogP contribution in [0, 0.1) is 5.41 Å². The maximum Gasteiger partial charge on any atom is 0.324 e. The van der Waals surface area contributed by atoms with Gasteiger partial charge < -0.3 is 18.6 Å². The molecule has 0 radical (unpaired) electrons. The molecule has 0 aliphatic heterocycles. The van der Waals surface area contributed by atoms with Gasteiger partial charge in [0.2, 0.25) is 0 Å². The van der Waals surface area contributed by atoms with Gasteiger partial charge >= 0.3 is 11.9 Å². The number of carbonyl (C=O) groups is 3. The zero-order valence-electron chi connectivity index (χ0n) is 28.1. The highest BCUT2D eigenvalue weighted by Crippen LogP contribution is 2.53. The SMILES string of the molecule is COC(=O)C1(C(=O)OC)C/C(=C(/CCC(=O)c2ccc(Cl)cc2)c2ccccc2)c2c(oc(-c3ccccc3)c2[C@@H](OC)c2ccccc2)C1. The number of carbonyl (C=O) groups excluding carboxylic acids is 3. The monoisotopic (exact) mass is 688 g/mol. The number of rotatable bonds is 11. The van der Waals surface area contributed by atoms with Crippen molar-refractivity contribution in [3.63, 3.8) is 0 Å². The number of ether oxygens (including phenoxy) is 3. The van der Waals surface area contributed by atoms with Crippen molar-refractivity contribution in [2.75, 3.05) is 21.3 Å². The van der Waals surface area contributed by atoms with Crippen LogP contribution in [0.2, 0.25) is 5.02 Å². The molecule has 8 heteroatoms. The van der Waals surface area contributed by atoms with Crippen molar-refractivity contribution >= 4 is 40.5 Å². The molecule has 1 aromatic heterocycles. The molecule has 254 valence electrons. The van der Waals surface area contributed by atoms with Gasteiger partial charge in [0.25, 0.3) is 0 Å². The number of benzene rings is 4. The third-order valence-electron chi connectivity index (χ3n) is 9.30. The average molecular weight is 689 g/mol. The molecular weight excluding hydrogens is 652 g/mol. The number of halogens is 1. The first kappa shape index (κ1) is 34.6. The first-order valence-electron chi connectivity index (χ1n) is 16.3. The summed E-state index contributed by atoms with van der Waals surface area (Å²) in [5, 5.41) is 0.540. The highest BCUT2D eigenvalue weighted by Gasteiger charge is 2.54. The molecule has 7 nitrogen and oxygen atoms in total. The van der Waals surface area contributed by atoms with Gasteiger partial charge in [-0.1, -0.05) is 103 Å². The van der Waals surface area contributed by atoms with Crippen molar-refractivity contribution in [1.29, 1.82) is 0 Å². The van der Waals surface area contributed by atoms with Crippen molar-refractivity contribution < 1.29 is 33.0 Å². The third-order valence-corrected chi connectivity index (χ3v) is 9.56. The molecule has 1 aliphatic carbocycles. The molecule has 0 spiro atoms. The number of hydrogen-bond acceptors (Lipinski definition) is 7. The Morgan fingerprint density at radius 1 is 0.720 bits per heavy atom. The fourth-order valence-electron chi connectivity index (χ4n) is 6.93. The smallest absolute Gasteiger partial charge is 0.324 e. The van der Waals surface area contributed by atoms with Gasteiger partial charge in [0.05, 0.1) is 14.2 Å².